The number of halogens is 1. The van der Waals surface area contributed by atoms with Gasteiger partial charge in [0.05, 0.1) is 25.7 Å². The monoisotopic (exact) mass is 521 g/mol. The summed E-state index contributed by atoms with van der Waals surface area (Å²) in [6.45, 7) is 3.23. The van der Waals surface area contributed by atoms with E-state index >= 15 is 0 Å². The Morgan fingerprint density at radius 2 is 1.83 bits per heavy atom. The lowest BCUT2D eigenvalue weighted by atomic mass is 10.1. The highest BCUT2D eigenvalue weighted by atomic mass is 127. The summed E-state index contributed by atoms with van der Waals surface area (Å²) in [5.74, 6) is 2.15. The van der Waals surface area contributed by atoms with Crippen LogP contribution in [0.3, 0.4) is 0 Å². The number of nitrogens with zero attached hydrogens (tertiary/aromatic N) is 3. The van der Waals surface area contributed by atoms with Crippen molar-refractivity contribution in [1.29, 1.82) is 0 Å². The van der Waals surface area contributed by atoms with Crippen molar-refractivity contribution in [3.8, 4) is 17.2 Å². The van der Waals surface area contributed by atoms with Crippen LogP contribution in [0.4, 0.5) is 0 Å². The zero-order chi connectivity index (χ0) is 20.5. The van der Waals surface area contributed by atoms with E-state index in [0.717, 1.165) is 22.7 Å². The van der Waals surface area contributed by atoms with Crippen LogP contribution in [-0.4, -0.2) is 42.3 Å². The predicted octanol–water partition coefficient (Wildman–Crippen LogP) is 3.63. The van der Waals surface area contributed by atoms with Gasteiger partial charge in [0.2, 0.25) is 0 Å². The molecule has 3 rings (SSSR count). The van der Waals surface area contributed by atoms with Crippen LogP contribution in [0.1, 0.15) is 12.5 Å². The van der Waals surface area contributed by atoms with E-state index in [4.69, 9.17) is 9.47 Å². The molecule has 30 heavy (non-hydrogen) atoms. The minimum atomic E-state index is -0.0666. The van der Waals surface area contributed by atoms with Crippen molar-refractivity contribution in [3.63, 3.8) is 0 Å². The fourth-order valence-electron chi connectivity index (χ4n) is 2.93. The Bertz CT molecular complexity index is 931. The summed E-state index contributed by atoms with van der Waals surface area (Å²) in [5, 5.41) is 6.66. The van der Waals surface area contributed by atoms with Gasteiger partial charge in [-0.05, 0) is 30.7 Å². The van der Waals surface area contributed by atoms with E-state index in [9.17, 15) is 0 Å². The second kappa shape index (κ2) is 12.1. The van der Waals surface area contributed by atoms with E-state index in [1.807, 2.05) is 54.1 Å². The van der Waals surface area contributed by atoms with E-state index < -0.39 is 0 Å². The lowest BCUT2D eigenvalue weighted by Gasteiger charge is -2.19. The summed E-state index contributed by atoms with van der Waals surface area (Å²) in [6, 6.07) is 15.8. The third-order valence-corrected chi connectivity index (χ3v) is 4.40. The molecule has 1 heterocycles. The van der Waals surface area contributed by atoms with Crippen molar-refractivity contribution >= 4 is 29.9 Å². The van der Waals surface area contributed by atoms with E-state index in [-0.39, 0.29) is 30.1 Å². The first-order chi connectivity index (χ1) is 14.2. The van der Waals surface area contributed by atoms with Gasteiger partial charge in [-0.15, -0.1) is 24.0 Å². The largest absolute Gasteiger partial charge is 0.493 e. The number of guanidine groups is 1. The first kappa shape index (κ1) is 23.5. The molecule has 0 radical (unpaired) electrons. The number of rotatable bonds is 8. The smallest absolute Gasteiger partial charge is 0.191 e. The van der Waals surface area contributed by atoms with Gasteiger partial charge in [-0.25, -0.2) is 4.98 Å². The van der Waals surface area contributed by atoms with Gasteiger partial charge in [0.15, 0.2) is 17.5 Å². The maximum absolute atomic E-state index is 5.98. The Morgan fingerprint density at radius 3 is 2.53 bits per heavy atom. The minimum absolute atomic E-state index is 0. The van der Waals surface area contributed by atoms with Gasteiger partial charge in [-0.1, -0.05) is 30.3 Å². The Morgan fingerprint density at radius 1 is 1.10 bits per heavy atom. The zero-order valence-corrected chi connectivity index (χ0v) is 19.7. The molecule has 0 aliphatic rings. The molecular weight excluding hydrogens is 493 g/mol. The zero-order valence-electron chi connectivity index (χ0n) is 17.4. The molecular formula is C22H28IN5O2. The summed E-state index contributed by atoms with van der Waals surface area (Å²) in [7, 11) is 3.39. The molecule has 160 valence electrons. The number of methoxy groups -OCH3 is 1. The van der Waals surface area contributed by atoms with Gasteiger partial charge in [0.25, 0.3) is 0 Å². The number of aromatic nitrogens is 2. The molecule has 1 unspecified atom stereocenters. The molecule has 2 aromatic carbocycles. The second-order valence-corrected chi connectivity index (χ2v) is 6.48. The fourth-order valence-corrected chi connectivity index (χ4v) is 2.93. The average molecular weight is 521 g/mol. The topological polar surface area (TPSA) is 72.7 Å². The molecule has 7 nitrogen and oxygen atoms in total. The van der Waals surface area contributed by atoms with Crippen molar-refractivity contribution in [3.05, 3.63) is 72.8 Å². The molecule has 2 N–H and O–H groups in total. The second-order valence-electron chi connectivity index (χ2n) is 6.48. The Labute approximate surface area is 194 Å². The van der Waals surface area contributed by atoms with Crippen LogP contribution in [0, 0.1) is 0 Å². The highest BCUT2D eigenvalue weighted by Gasteiger charge is 2.10. The van der Waals surface area contributed by atoms with Crippen LogP contribution < -0.4 is 20.1 Å². The van der Waals surface area contributed by atoms with Crippen LogP contribution in [-0.2, 0) is 6.54 Å². The van der Waals surface area contributed by atoms with Crippen LogP contribution in [0.15, 0.2) is 72.2 Å². The number of benzene rings is 2. The van der Waals surface area contributed by atoms with Crippen molar-refractivity contribution in [2.24, 2.45) is 4.99 Å². The van der Waals surface area contributed by atoms with Gasteiger partial charge < -0.3 is 24.7 Å². The molecule has 1 atom stereocenters. The highest BCUT2D eigenvalue weighted by Crippen LogP contribution is 2.26. The number of nitrogens with one attached hydrogen (secondary N) is 2. The number of aliphatic imine (C=N–C) groups is 1. The summed E-state index contributed by atoms with van der Waals surface area (Å²) >= 11 is 0. The highest BCUT2D eigenvalue weighted by molar-refractivity contribution is 14.0. The first-order valence-electron chi connectivity index (χ1n) is 9.51. The minimum Gasteiger partial charge on any atom is -0.493 e. The van der Waals surface area contributed by atoms with Gasteiger partial charge in [0.1, 0.15) is 6.10 Å². The summed E-state index contributed by atoms with van der Waals surface area (Å²) in [4.78, 5) is 8.43. The van der Waals surface area contributed by atoms with Crippen LogP contribution in [0.25, 0.3) is 5.69 Å². The Hall–Kier alpha value is -2.75. The van der Waals surface area contributed by atoms with Gasteiger partial charge >= 0.3 is 0 Å². The maximum atomic E-state index is 5.98. The Kier molecular flexibility index (Phi) is 9.46. The molecule has 0 bridgehead atoms. The van der Waals surface area contributed by atoms with Gasteiger partial charge in [-0.3, -0.25) is 4.99 Å². The van der Waals surface area contributed by atoms with Crippen LogP contribution in [0.2, 0.25) is 0 Å². The first-order valence-corrected chi connectivity index (χ1v) is 9.51. The van der Waals surface area contributed by atoms with Crippen molar-refractivity contribution < 1.29 is 9.47 Å². The molecule has 0 spiro atoms. The third-order valence-electron chi connectivity index (χ3n) is 4.40. The van der Waals surface area contributed by atoms with Crippen molar-refractivity contribution in [2.45, 2.75) is 19.6 Å². The molecule has 1 aromatic heterocycles. The van der Waals surface area contributed by atoms with E-state index in [0.29, 0.717) is 19.0 Å². The number of imidazole rings is 1. The average Bonchev–Trinajstić information content (AvgIpc) is 3.29. The molecule has 3 aromatic rings. The normalized spacial score (nSPS) is 11.9. The fraction of sp³-hybridized carbons (Fsp3) is 0.273. The SMILES string of the molecule is CN=C(NCc1ccccc1-n1ccnc1)NCC(C)Oc1ccccc1OC.I. The molecule has 0 saturated carbocycles. The van der Waals surface area contributed by atoms with Crippen molar-refractivity contribution in [2.75, 3.05) is 20.7 Å². The molecule has 0 aliphatic heterocycles. The quantitative estimate of drug-likeness (QED) is 0.269. The number of para-hydroxylation sites is 3. The number of hydrogen-bond acceptors (Lipinski definition) is 4. The van der Waals surface area contributed by atoms with Crippen molar-refractivity contribution in [1.82, 2.24) is 20.2 Å². The van der Waals surface area contributed by atoms with E-state index in [1.165, 1.54) is 0 Å². The Balaban J connectivity index is 0.00000320. The van der Waals surface area contributed by atoms with Crippen LogP contribution in [0.5, 0.6) is 11.5 Å². The van der Waals surface area contributed by atoms with E-state index in [2.05, 4.69) is 32.7 Å². The summed E-state index contributed by atoms with van der Waals surface area (Å²) in [5.41, 5.74) is 2.23. The molecule has 0 amide bonds. The number of ether oxygens (including phenoxy) is 2. The summed E-state index contributed by atoms with van der Waals surface area (Å²) < 4.78 is 13.3. The lowest BCUT2D eigenvalue weighted by molar-refractivity contribution is 0.213. The maximum Gasteiger partial charge on any atom is 0.191 e. The molecule has 8 heteroatoms. The van der Waals surface area contributed by atoms with E-state index in [1.54, 1.807) is 26.7 Å². The standard InChI is InChI=1S/C22H27N5O2.HI/c1-17(29-21-11-7-6-10-20(21)28-3)14-25-22(23-2)26-15-18-8-4-5-9-19(18)27-13-12-24-16-27;/h4-13,16-17H,14-15H2,1-3H3,(H2,23,25,26);1H. The summed E-state index contributed by atoms with van der Waals surface area (Å²) in [6.07, 6.45) is 5.43. The molecule has 0 aliphatic carbocycles. The third kappa shape index (κ3) is 6.38. The van der Waals surface area contributed by atoms with Gasteiger partial charge in [-0.2, -0.15) is 0 Å². The number of hydrogen-bond donors (Lipinski definition) is 2. The van der Waals surface area contributed by atoms with Crippen LogP contribution >= 0.6 is 24.0 Å². The van der Waals surface area contributed by atoms with Gasteiger partial charge in [0, 0.05) is 26.0 Å². The predicted molar refractivity (Wildman–Crippen MR) is 130 cm³/mol. The molecule has 0 fully saturated rings. The molecule has 0 saturated heterocycles. The lowest BCUT2D eigenvalue weighted by Crippen LogP contribution is -2.41.